The van der Waals surface area contributed by atoms with E-state index in [-0.39, 0.29) is 5.91 Å². The molecule has 21 heavy (non-hydrogen) atoms. The summed E-state index contributed by atoms with van der Waals surface area (Å²) in [5, 5.41) is 2.93. The number of para-hydroxylation sites is 1. The van der Waals surface area contributed by atoms with Crippen molar-refractivity contribution in [3.8, 4) is 5.75 Å². The van der Waals surface area contributed by atoms with Crippen LogP contribution in [0.1, 0.15) is 24.5 Å². The maximum absolute atomic E-state index is 12.2. The molecule has 0 aliphatic rings. The molecule has 0 unspecified atom stereocenters. The van der Waals surface area contributed by atoms with Crippen molar-refractivity contribution in [1.82, 2.24) is 5.32 Å². The average Bonchev–Trinajstić information content (AvgIpc) is 2.51. The quantitative estimate of drug-likeness (QED) is 0.881. The van der Waals surface area contributed by atoms with E-state index in [1.165, 1.54) is 5.56 Å². The fourth-order valence-electron chi connectivity index (χ4n) is 2.11. The molecule has 110 valence electrons. The molecule has 0 aliphatic carbocycles. The lowest BCUT2D eigenvalue weighted by Gasteiger charge is -2.17. The molecule has 0 heterocycles. The Balaban J connectivity index is 1.91. The van der Waals surface area contributed by atoms with Crippen molar-refractivity contribution in [2.75, 3.05) is 0 Å². The van der Waals surface area contributed by atoms with E-state index in [0.29, 0.717) is 13.0 Å². The SMILES string of the molecule is CC[C@@H](Oc1ccccc1)C(=O)NCc1cccc(C)c1. The first-order valence-electron chi connectivity index (χ1n) is 7.24. The van der Waals surface area contributed by atoms with E-state index in [9.17, 15) is 4.79 Å². The minimum atomic E-state index is -0.461. The van der Waals surface area contributed by atoms with Crippen LogP contribution in [0.25, 0.3) is 0 Å². The Morgan fingerprint density at radius 2 is 1.90 bits per heavy atom. The third-order valence-electron chi connectivity index (χ3n) is 3.23. The van der Waals surface area contributed by atoms with Crippen molar-refractivity contribution >= 4 is 5.91 Å². The third-order valence-corrected chi connectivity index (χ3v) is 3.23. The second-order valence-electron chi connectivity index (χ2n) is 5.03. The average molecular weight is 283 g/mol. The number of carbonyl (C=O) groups excluding carboxylic acids is 1. The number of benzene rings is 2. The molecule has 1 N–H and O–H groups in total. The van der Waals surface area contributed by atoms with Gasteiger partial charge in [-0.05, 0) is 31.0 Å². The summed E-state index contributed by atoms with van der Waals surface area (Å²) in [5.74, 6) is 0.637. The number of amides is 1. The molecule has 0 aliphatic heterocycles. The van der Waals surface area contributed by atoms with Gasteiger partial charge in [-0.2, -0.15) is 0 Å². The lowest BCUT2D eigenvalue weighted by atomic mass is 10.1. The highest BCUT2D eigenvalue weighted by atomic mass is 16.5. The molecule has 0 saturated heterocycles. The molecule has 0 spiro atoms. The highest BCUT2D eigenvalue weighted by Gasteiger charge is 2.17. The van der Waals surface area contributed by atoms with Crippen molar-refractivity contribution in [2.45, 2.75) is 32.9 Å². The summed E-state index contributed by atoms with van der Waals surface area (Å²) in [5.41, 5.74) is 2.28. The van der Waals surface area contributed by atoms with Gasteiger partial charge < -0.3 is 10.1 Å². The summed E-state index contributed by atoms with van der Waals surface area (Å²) < 4.78 is 5.73. The van der Waals surface area contributed by atoms with Gasteiger partial charge in [0.15, 0.2) is 6.10 Å². The second kappa shape index (κ2) is 7.48. The zero-order valence-corrected chi connectivity index (χ0v) is 12.5. The normalized spacial score (nSPS) is 11.7. The number of rotatable bonds is 6. The molecule has 3 heteroatoms. The molecule has 1 atom stereocenters. The van der Waals surface area contributed by atoms with Crippen LogP contribution in [0.5, 0.6) is 5.75 Å². The fourth-order valence-corrected chi connectivity index (χ4v) is 2.11. The topological polar surface area (TPSA) is 38.3 Å². The van der Waals surface area contributed by atoms with Crippen LogP contribution >= 0.6 is 0 Å². The van der Waals surface area contributed by atoms with Gasteiger partial charge in [-0.25, -0.2) is 0 Å². The molecule has 2 aromatic rings. The van der Waals surface area contributed by atoms with E-state index in [4.69, 9.17) is 4.74 Å². The van der Waals surface area contributed by atoms with Gasteiger partial charge in [0.25, 0.3) is 5.91 Å². The molecule has 0 saturated carbocycles. The highest BCUT2D eigenvalue weighted by Crippen LogP contribution is 2.13. The maximum Gasteiger partial charge on any atom is 0.261 e. The smallest absolute Gasteiger partial charge is 0.261 e. The van der Waals surface area contributed by atoms with Gasteiger partial charge in [-0.15, -0.1) is 0 Å². The summed E-state index contributed by atoms with van der Waals surface area (Å²) >= 11 is 0. The van der Waals surface area contributed by atoms with Crippen LogP contribution in [-0.2, 0) is 11.3 Å². The van der Waals surface area contributed by atoms with Crippen LogP contribution in [0, 0.1) is 6.92 Å². The predicted molar refractivity (Wildman–Crippen MR) is 84.2 cm³/mol. The third kappa shape index (κ3) is 4.63. The molecule has 3 nitrogen and oxygen atoms in total. The van der Waals surface area contributed by atoms with Crippen molar-refractivity contribution < 1.29 is 9.53 Å². The molecule has 0 radical (unpaired) electrons. The van der Waals surface area contributed by atoms with Crippen molar-refractivity contribution in [3.05, 3.63) is 65.7 Å². The van der Waals surface area contributed by atoms with Crippen molar-refractivity contribution in [3.63, 3.8) is 0 Å². The number of nitrogens with one attached hydrogen (secondary N) is 1. The van der Waals surface area contributed by atoms with Crippen LogP contribution in [-0.4, -0.2) is 12.0 Å². The summed E-state index contributed by atoms with van der Waals surface area (Å²) in [4.78, 5) is 12.2. The second-order valence-corrected chi connectivity index (χ2v) is 5.03. The fraction of sp³-hybridized carbons (Fsp3) is 0.278. The Bertz CT molecular complexity index is 581. The summed E-state index contributed by atoms with van der Waals surface area (Å²) in [6.07, 6.45) is 0.173. The first kappa shape index (κ1) is 15.1. The van der Waals surface area contributed by atoms with Gasteiger partial charge in [-0.3, -0.25) is 4.79 Å². The number of ether oxygens (including phenoxy) is 1. The molecule has 1 amide bonds. The molecule has 0 aromatic heterocycles. The van der Waals surface area contributed by atoms with E-state index in [0.717, 1.165) is 11.3 Å². The van der Waals surface area contributed by atoms with E-state index in [2.05, 4.69) is 11.4 Å². The molecule has 0 bridgehead atoms. The lowest BCUT2D eigenvalue weighted by molar-refractivity contribution is -0.128. The predicted octanol–water partition coefficient (Wildman–Crippen LogP) is 3.47. The molecule has 2 aromatic carbocycles. The van der Waals surface area contributed by atoms with E-state index in [1.54, 1.807) is 0 Å². The monoisotopic (exact) mass is 283 g/mol. The molecular weight excluding hydrogens is 262 g/mol. The lowest BCUT2D eigenvalue weighted by Crippen LogP contribution is -2.37. The Labute approximate surface area is 126 Å². The minimum Gasteiger partial charge on any atom is -0.481 e. The zero-order valence-electron chi connectivity index (χ0n) is 12.5. The van der Waals surface area contributed by atoms with Crippen LogP contribution in [0.3, 0.4) is 0 Å². The molecule has 2 rings (SSSR count). The van der Waals surface area contributed by atoms with Crippen LogP contribution in [0.2, 0.25) is 0 Å². The number of carbonyl (C=O) groups is 1. The van der Waals surface area contributed by atoms with Crippen LogP contribution in [0.15, 0.2) is 54.6 Å². The van der Waals surface area contributed by atoms with Gasteiger partial charge in [-0.1, -0.05) is 55.0 Å². The number of aryl methyl sites for hydroxylation is 1. The first-order valence-corrected chi connectivity index (χ1v) is 7.24. The van der Waals surface area contributed by atoms with Gasteiger partial charge in [0.1, 0.15) is 5.75 Å². The summed E-state index contributed by atoms with van der Waals surface area (Å²) in [7, 11) is 0. The Morgan fingerprint density at radius 3 is 2.57 bits per heavy atom. The van der Waals surface area contributed by atoms with Crippen molar-refractivity contribution in [1.29, 1.82) is 0 Å². The minimum absolute atomic E-state index is 0.0807. The van der Waals surface area contributed by atoms with Gasteiger partial charge in [0.05, 0.1) is 0 Å². The van der Waals surface area contributed by atoms with Gasteiger partial charge >= 0.3 is 0 Å². The standard InChI is InChI=1S/C18H21NO2/c1-3-17(21-16-10-5-4-6-11-16)18(20)19-13-15-9-7-8-14(2)12-15/h4-12,17H,3,13H2,1-2H3,(H,19,20)/t17-/m1/s1. The Morgan fingerprint density at radius 1 is 1.14 bits per heavy atom. The maximum atomic E-state index is 12.2. The first-order chi connectivity index (χ1) is 10.2. The number of hydrogen-bond acceptors (Lipinski definition) is 2. The van der Waals surface area contributed by atoms with Crippen LogP contribution < -0.4 is 10.1 Å². The van der Waals surface area contributed by atoms with E-state index in [1.807, 2.05) is 62.4 Å². The summed E-state index contributed by atoms with van der Waals surface area (Å²) in [6.45, 7) is 4.51. The van der Waals surface area contributed by atoms with Crippen LogP contribution in [0.4, 0.5) is 0 Å². The Kier molecular flexibility index (Phi) is 5.38. The molecular formula is C18H21NO2. The van der Waals surface area contributed by atoms with Gasteiger partial charge in [0, 0.05) is 6.54 Å². The number of hydrogen-bond donors (Lipinski definition) is 1. The Hall–Kier alpha value is -2.29. The van der Waals surface area contributed by atoms with Gasteiger partial charge in [0.2, 0.25) is 0 Å². The zero-order chi connectivity index (χ0) is 15.1. The van der Waals surface area contributed by atoms with E-state index >= 15 is 0 Å². The molecule has 0 fully saturated rings. The summed E-state index contributed by atoms with van der Waals surface area (Å²) in [6, 6.07) is 17.5. The largest absolute Gasteiger partial charge is 0.481 e. The van der Waals surface area contributed by atoms with E-state index < -0.39 is 6.10 Å². The highest BCUT2D eigenvalue weighted by molar-refractivity contribution is 5.81. The van der Waals surface area contributed by atoms with Crippen molar-refractivity contribution in [2.24, 2.45) is 0 Å².